The van der Waals surface area contributed by atoms with Crippen molar-refractivity contribution >= 4 is 5.91 Å². The van der Waals surface area contributed by atoms with Gasteiger partial charge in [-0.15, -0.1) is 6.58 Å². The van der Waals surface area contributed by atoms with Crippen molar-refractivity contribution in [2.24, 2.45) is 11.8 Å². The number of carbonyl (C=O) groups is 1. The molecule has 3 rings (SSSR count). The summed E-state index contributed by atoms with van der Waals surface area (Å²) in [6.07, 6.45) is 18.1. The number of carbonyl (C=O) groups excluding carboxylic acids is 1. The molecule has 0 aromatic carbocycles. The lowest BCUT2D eigenvalue weighted by atomic mass is 9.68. The average molecular weight is 291 g/mol. The fraction of sp³-hybridized carbons (Fsp3) is 0.842. The van der Waals surface area contributed by atoms with Gasteiger partial charge < -0.3 is 5.32 Å². The molecule has 2 nitrogen and oxygen atoms in total. The number of hydrogen-bond acceptors (Lipinski definition) is 1. The summed E-state index contributed by atoms with van der Waals surface area (Å²) in [7, 11) is 0. The number of hydrogen-bond donors (Lipinski definition) is 1. The third-order valence-corrected chi connectivity index (χ3v) is 5.46. The van der Waals surface area contributed by atoms with Crippen LogP contribution in [0.2, 0.25) is 0 Å². The Bertz CT molecular complexity index is 318. The number of nitrogens with one attached hydrogen (secondary N) is 1. The Hall–Kier alpha value is -0.790. The topological polar surface area (TPSA) is 29.1 Å². The standard InChI is InChI=1S/C19H33NO/c1-2-3-4-5-6-7-8-9-10-19(21)20-18-15-16-11-13-17(18)14-12-16/h2,16-18H,1,3-15H2,(H,20,21). The summed E-state index contributed by atoms with van der Waals surface area (Å²) in [5, 5.41) is 3.32. The zero-order chi connectivity index (χ0) is 14.9. The van der Waals surface area contributed by atoms with Crippen LogP contribution in [0.4, 0.5) is 0 Å². The molecule has 0 spiro atoms. The predicted molar refractivity (Wildman–Crippen MR) is 89.1 cm³/mol. The molecule has 1 N–H and O–H groups in total. The number of allylic oxidation sites excluding steroid dienone is 1. The molecule has 0 aliphatic heterocycles. The third-order valence-electron chi connectivity index (χ3n) is 5.46. The van der Waals surface area contributed by atoms with Gasteiger partial charge in [0.1, 0.15) is 0 Å². The summed E-state index contributed by atoms with van der Waals surface area (Å²) in [4.78, 5) is 12.0. The maximum atomic E-state index is 12.0. The van der Waals surface area contributed by atoms with Gasteiger partial charge in [0.2, 0.25) is 5.91 Å². The Morgan fingerprint density at radius 2 is 1.67 bits per heavy atom. The van der Waals surface area contributed by atoms with Crippen molar-refractivity contribution in [3.63, 3.8) is 0 Å². The van der Waals surface area contributed by atoms with Gasteiger partial charge in [-0.1, -0.05) is 44.6 Å². The molecule has 0 aromatic rings. The zero-order valence-electron chi connectivity index (χ0n) is 13.6. The first kappa shape index (κ1) is 16.6. The maximum absolute atomic E-state index is 12.0. The summed E-state index contributed by atoms with van der Waals surface area (Å²) in [6.45, 7) is 3.74. The third kappa shape index (κ3) is 5.84. The normalized spacial score (nSPS) is 27.5. The van der Waals surface area contributed by atoms with Gasteiger partial charge in [-0.25, -0.2) is 0 Å². The van der Waals surface area contributed by atoms with Crippen molar-refractivity contribution in [1.29, 1.82) is 0 Å². The summed E-state index contributed by atoms with van der Waals surface area (Å²) >= 11 is 0. The van der Waals surface area contributed by atoms with E-state index in [9.17, 15) is 4.79 Å². The zero-order valence-corrected chi connectivity index (χ0v) is 13.6. The number of rotatable bonds is 10. The van der Waals surface area contributed by atoms with E-state index in [1.165, 1.54) is 64.2 Å². The van der Waals surface area contributed by atoms with Gasteiger partial charge >= 0.3 is 0 Å². The first-order chi connectivity index (χ1) is 10.3. The van der Waals surface area contributed by atoms with Crippen LogP contribution in [0, 0.1) is 11.8 Å². The Labute approximate surface area is 130 Å². The lowest BCUT2D eigenvalue weighted by Gasteiger charge is -2.42. The molecule has 1 atom stereocenters. The Morgan fingerprint density at radius 3 is 2.29 bits per heavy atom. The lowest BCUT2D eigenvalue weighted by molar-refractivity contribution is -0.123. The second-order valence-electron chi connectivity index (χ2n) is 7.14. The van der Waals surface area contributed by atoms with Crippen LogP contribution in [0.5, 0.6) is 0 Å². The molecule has 1 unspecified atom stereocenters. The van der Waals surface area contributed by atoms with Crippen LogP contribution < -0.4 is 5.32 Å². The monoisotopic (exact) mass is 291 g/mol. The van der Waals surface area contributed by atoms with Crippen molar-refractivity contribution in [3.05, 3.63) is 12.7 Å². The van der Waals surface area contributed by atoms with Gasteiger partial charge in [-0.05, 0) is 50.4 Å². The van der Waals surface area contributed by atoms with E-state index in [4.69, 9.17) is 0 Å². The van der Waals surface area contributed by atoms with Crippen LogP contribution >= 0.6 is 0 Å². The highest BCUT2D eigenvalue weighted by Crippen LogP contribution is 2.41. The highest BCUT2D eigenvalue weighted by atomic mass is 16.1. The minimum Gasteiger partial charge on any atom is -0.353 e. The number of amides is 1. The Balaban J connectivity index is 1.47. The van der Waals surface area contributed by atoms with Crippen molar-refractivity contribution in [2.75, 3.05) is 0 Å². The second kappa shape index (κ2) is 9.27. The van der Waals surface area contributed by atoms with E-state index in [2.05, 4.69) is 11.9 Å². The van der Waals surface area contributed by atoms with Crippen LogP contribution in [0.15, 0.2) is 12.7 Å². The molecule has 120 valence electrons. The van der Waals surface area contributed by atoms with Crippen LogP contribution in [0.25, 0.3) is 0 Å². The van der Waals surface area contributed by atoms with E-state index < -0.39 is 0 Å². The quantitative estimate of drug-likeness (QED) is 0.446. The van der Waals surface area contributed by atoms with Crippen LogP contribution in [-0.4, -0.2) is 11.9 Å². The molecule has 0 heterocycles. The van der Waals surface area contributed by atoms with Crippen molar-refractivity contribution in [2.45, 2.75) is 89.5 Å². The molecule has 1 amide bonds. The van der Waals surface area contributed by atoms with Crippen LogP contribution in [0.3, 0.4) is 0 Å². The highest BCUT2D eigenvalue weighted by Gasteiger charge is 2.35. The van der Waals surface area contributed by atoms with Gasteiger partial charge in [-0.2, -0.15) is 0 Å². The fourth-order valence-electron chi connectivity index (χ4n) is 4.11. The SMILES string of the molecule is C=CCCCCCCCCC(=O)NC1CC2CCC1CC2. The largest absolute Gasteiger partial charge is 0.353 e. The molecule has 3 aliphatic rings. The molecule has 3 aliphatic carbocycles. The Kier molecular flexibility index (Phi) is 7.32. The van der Waals surface area contributed by atoms with Gasteiger partial charge in [0.15, 0.2) is 0 Å². The summed E-state index contributed by atoms with van der Waals surface area (Å²) in [6, 6.07) is 0.504. The van der Waals surface area contributed by atoms with Gasteiger partial charge in [-0.3, -0.25) is 4.79 Å². The van der Waals surface area contributed by atoms with E-state index in [0.717, 1.165) is 31.1 Å². The maximum Gasteiger partial charge on any atom is 0.220 e. The van der Waals surface area contributed by atoms with E-state index in [1.54, 1.807) is 0 Å². The summed E-state index contributed by atoms with van der Waals surface area (Å²) in [5.41, 5.74) is 0. The molecule has 0 aromatic heterocycles. The lowest BCUT2D eigenvalue weighted by Crippen LogP contribution is -2.47. The van der Waals surface area contributed by atoms with Gasteiger partial charge in [0, 0.05) is 12.5 Å². The van der Waals surface area contributed by atoms with E-state index in [1.807, 2.05) is 6.08 Å². The minimum absolute atomic E-state index is 0.305. The number of unbranched alkanes of at least 4 members (excludes halogenated alkanes) is 6. The molecule has 2 heteroatoms. The molecule has 0 radical (unpaired) electrons. The minimum atomic E-state index is 0.305. The Morgan fingerprint density at radius 1 is 1.00 bits per heavy atom. The summed E-state index contributed by atoms with van der Waals surface area (Å²) < 4.78 is 0. The molecular weight excluding hydrogens is 258 g/mol. The fourth-order valence-corrected chi connectivity index (χ4v) is 4.11. The first-order valence-corrected chi connectivity index (χ1v) is 9.20. The molecule has 2 bridgehead atoms. The molecule has 3 fully saturated rings. The van der Waals surface area contributed by atoms with E-state index in [0.29, 0.717) is 11.9 Å². The van der Waals surface area contributed by atoms with Gasteiger partial charge in [0.25, 0.3) is 0 Å². The van der Waals surface area contributed by atoms with Crippen LogP contribution in [-0.2, 0) is 4.79 Å². The molecule has 3 saturated carbocycles. The van der Waals surface area contributed by atoms with E-state index >= 15 is 0 Å². The first-order valence-electron chi connectivity index (χ1n) is 9.20. The van der Waals surface area contributed by atoms with Crippen molar-refractivity contribution < 1.29 is 4.79 Å². The van der Waals surface area contributed by atoms with Crippen LogP contribution in [0.1, 0.15) is 83.5 Å². The van der Waals surface area contributed by atoms with E-state index in [-0.39, 0.29) is 0 Å². The molecular formula is C19H33NO. The van der Waals surface area contributed by atoms with Crippen molar-refractivity contribution in [1.82, 2.24) is 5.32 Å². The van der Waals surface area contributed by atoms with Crippen molar-refractivity contribution in [3.8, 4) is 0 Å². The molecule has 21 heavy (non-hydrogen) atoms. The second-order valence-corrected chi connectivity index (χ2v) is 7.14. The smallest absolute Gasteiger partial charge is 0.220 e. The van der Waals surface area contributed by atoms with Gasteiger partial charge in [0.05, 0.1) is 0 Å². The average Bonchev–Trinajstić information content (AvgIpc) is 2.51. The highest BCUT2D eigenvalue weighted by molar-refractivity contribution is 5.76. The number of fused-ring (bicyclic) bond motifs is 3. The summed E-state index contributed by atoms with van der Waals surface area (Å²) in [5.74, 6) is 1.99. The predicted octanol–water partition coefficient (Wildman–Crippen LogP) is 4.99. The molecule has 0 saturated heterocycles.